The zero-order chi connectivity index (χ0) is 36.1. The lowest BCUT2D eigenvalue weighted by Gasteiger charge is -2.28. The van der Waals surface area contributed by atoms with Crippen LogP contribution in [0.1, 0.15) is 157 Å². The van der Waals surface area contributed by atoms with Crippen molar-refractivity contribution in [2.75, 3.05) is 5.88 Å². The summed E-state index contributed by atoms with van der Waals surface area (Å²) < 4.78 is 11.1. The summed E-state index contributed by atoms with van der Waals surface area (Å²) in [6.45, 7) is 5.98. The van der Waals surface area contributed by atoms with Crippen molar-refractivity contribution in [3.05, 3.63) is 46.5 Å². The molecule has 0 radical (unpaired) electrons. The number of unbranched alkanes of at least 4 members (excludes halogenated alkanes) is 2. The molecule has 0 heterocycles. The third kappa shape index (κ3) is 11.5. The Bertz CT molecular complexity index is 1330. The first-order chi connectivity index (χ1) is 23.4. The number of carbonyl (C=O) groups is 2. The van der Waals surface area contributed by atoms with Gasteiger partial charge in [-0.3, -0.25) is 0 Å². The molecule has 0 fully saturated rings. The first-order valence-corrected chi connectivity index (χ1v) is 18.5. The van der Waals surface area contributed by atoms with Gasteiger partial charge in [-0.25, -0.2) is 9.59 Å². The Morgan fingerprint density at radius 3 is 1.39 bits per heavy atom. The van der Waals surface area contributed by atoms with Crippen LogP contribution in [0, 0.1) is 11.8 Å². The van der Waals surface area contributed by atoms with Gasteiger partial charge in [-0.2, -0.15) is 0 Å². The first kappa shape index (κ1) is 39.9. The van der Waals surface area contributed by atoms with E-state index in [0.717, 1.165) is 57.8 Å². The third-order valence-electron chi connectivity index (χ3n) is 10.1. The number of halogens is 1. The number of benzene rings is 2. The first-order valence-electron chi connectivity index (χ1n) is 18.0. The number of alkyl halides is 1. The minimum atomic E-state index is -0.938. The number of hydrogen-bond acceptors (Lipinski definition) is 8. The molecule has 0 spiro atoms. The second-order valence-electron chi connectivity index (χ2n) is 13.9. The number of rotatable bonds is 9. The highest BCUT2D eigenvalue weighted by molar-refractivity contribution is 6.17. The molecule has 0 aromatic heterocycles. The molecule has 0 saturated carbocycles. The van der Waals surface area contributed by atoms with Crippen molar-refractivity contribution >= 4 is 23.8 Å². The van der Waals surface area contributed by atoms with Crippen molar-refractivity contribution in [3.8, 4) is 23.0 Å². The quantitative estimate of drug-likeness (QED) is 0.110. The molecular formula is C38H57ClN2O8. The van der Waals surface area contributed by atoms with Crippen molar-refractivity contribution in [1.82, 2.24) is 0 Å². The van der Waals surface area contributed by atoms with Gasteiger partial charge in [-0.05, 0) is 92.9 Å². The molecule has 4 bridgehead atoms. The van der Waals surface area contributed by atoms with Crippen LogP contribution >= 0.6 is 11.6 Å². The van der Waals surface area contributed by atoms with Gasteiger partial charge >= 0.3 is 12.2 Å². The van der Waals surface area contributed by atoms with E-state index in [2.05, 4.69) is 6.92 Å². The Balaban J connectivity index is 2.04. The molecule has 10 nitrogen and oxygen atoms in total. The SMILES string of the molecule is CCCC[C@@H]1CCCC[C@H](C)[C@@H](OC(N)=O)c2cc(O)c(c(O)c2)[C@H](CCCCCl)CCCC[C@H](C)[C@@H](OC(N)=O)c2cc(O)c1c(O)c2. The van der Waals surface area contributed by atoms with E-state index in [1.54, 1.807) is 24.3 Å². The number of primary amides is 2. The molecule has 6 rings (SSSR count). The maximum Gasteiger partial charge on any atom is 0.405 e. The average molecular weight is 705 g/mol. The molecule has 0 saturated heterocycles. The number of phenolic OH excluding ortho intramolecular Hbond substituents is 4. The zero-order valence-electron chi connectivity index (χ0n) is 29.3. The van der Waals surface area contributed by atoms with Gasteiger partial charge < -0.3 is 41.4 Å². The zero-order valence-corrected chi connectivity index (χ0v) is 30.1. The third-order valence-corrected chi connectivity index (χ3v) is 10.3. The van der Waals surface area contributed by atoms with Gasteiger partial charge in [-0.15, -0.1) is 11.6 Å². The Morgan fingerprint density at radius 1 is 0.673 bits per heavy atom. The van der Waals surface area contributed by atoms with Crippen LogP contribution in [-0.4, -0.2) is 38.5 Å². The van der Waals surface area contributed by atoms with Gasteiger partial charge in [-0.1, -0.05) is 65.7 Å². The van der Waals surface area contributed by atoms with Crippen molar-refractivity contribution in [2.24, 2.45) is 23.3 Å². The molecule has 0 unspecified atom stereocenters. The van der Waals surface area contributed by atoms with E-state index in [4.69, 9.17) is 32.5 Å². The lowest BCUT2D eigenvalue weighted by atomic mass is 9.83. The Hall–Kier alpha value is -3.53. The molecule has 11 heteroatoms. The minimum absolute atomic E-state index is 0.0331. The lowest BCUT2D eigenvalue weighted by molar-refractivity contribution is 0.0683. The summed E-state index contributed by atoms with van der Waals surface area (Å²) in [6, 6.07) is 6.31. The standard InChI is InChI=1S/C38H57ClN2O8/c1-4-5-14-25-15-8-6-12-23(2)36(49-38(41)47)28-21-31(44)34(32(45)22-28)26(17-10-11-18-39)16-9-7-13-24(3)35(48-37(40)46)27-19-29(42)33(25)30(43)20-27/h19-26,35-36,42-45H,4-18H2,1-3H3,(H2,40,46)(H2,41,47)/t23-,24-,25+,26-,35+,36+/m0/s1. The molecular weight excluding hydrogens is 648 g/mol. The number of aromatic hydroxyl groups is 4. The number of carbonyl (C=O) groups excluding carboxylic acids is 2. The van der Waals surface area contributed by atoms with Crippen LogP contribution in [0.5, 0.6) is 23.0 Å². The number of hydrogen-bond donors (Lipinski definition) is 6. The highest BCUT2D eigenvalue weighted by Crippen LogP contribution is 2.46. The van der Waals surface area contributed by atoms with Gasteiger partial charge in [0.25, 0.3) is 0 Å². The fourth-order valence-corrected chi connectivity index (χ4v) is 7.74. The molecule has 0 aliphatic heterocycles. The van der Waals surface area contributed by atoms with Crippen LogP contribution in [-0.2, 0) is 9.47 Å². The van der Waals surface area contributed by atoms with Crippen LogP contribution in [0.3, 0.4) is 0 Å². The highest BCUT2D eigenvalue weighted by atomic mass is 35.5. The lowest BCUT2D eigenvalue weighted by Crippen LogP contribution is -2.22. The number of nitrogens with two attached hydrogens (primary N) is 2. The van der Waals surface area contributed by atoms with Crippen molar-refractivity contribution < 1.29 is 39.5 Å². The van der Waals surface area contributed by atoms with Gasteiger partial charge in [0, 0.05) is 28.1 Å². The Kier molecular flexibility index (Phi) is 16.0. The Morgan fingerprint density at radius 2 is 1.04 bits per heavy atom. The summed E-state index contributed by atoms with van der Waals surface area (Å²) in [5, 5.41) is 45.2. The van der Waals surface area contributed by atoms with E-state index in [9.17, 15) is 30.0 Å². The van der Waals surface area contributed by atoms with Crippen LogP contribution < -0.4 is 11.5 Å². The normalized spacial score (nSPS) is 24.1. The predicted octanol–water partition coefficient (Wildman–Crippen LogP) is 9.66. The second-order valence-corrected chi connectivity index (χ2v) is 14.3. The van der Waals surface area contributed by atoms with Crippen LogP contribution in [0.2, 0.25) is 0 Å². The molecule has 4 aliphatic carbocycles. The van der Waals surface area contributed by atoms with Gasteiger partial charge in [0.05, 0.1) is 0 Å². The monoisotopic (exact) mass is 704 g/mol. The largest absolute Gasteiger partial charge is 0.508 e. The molecule has 2 amide bonds. The van der Waals surface area contributed by atoms with E-state index in [1.807, 2.05) is 13.8 Å². The van der Waals surface area contributed by atoms with Gasteiger partial charge in [0.1, 0.15) is 35.2 Å². The topological polar surface area (TPSA) is 186 Å². The van der Waals surface area contributed by atoms with Crippen molar-refractivity contribution in [1.29, 1.82) is 0 Å². The highest BCUT2D eigenvalue weighted by Gasteiger charge is 2.30. The smallest absolute Gasteiger partial charge is 0.405 e. The number of ether oxygens (including phenoxy) is 2. The van der Waals surface area contributed by atoms with Crippen molar-refractivity contribution in [3.63, 3.8) is 0 Å². The molecule has 8 N–H and O–H groups in total. The van der Waals surface area contributed by atoms with E-state index >= 15 is 0 Å². The summed E-state index contributed by atoms with van der Waals surface area (Å²) in [6.07, 6.45) is 7.23. The van der Waals surface area contributed by atoms with E-state index in [0.29, 0.717) is 60.2 Å². The average Bonchev–Trinajstić information content (AvgIpc) is 3.03. The molecule has 6 atom stereocenters. The maximum absolute atomic E-state index is 12.0. The van der Waals surface area contributed by atoms with E-state index in [-0.39, 0.29) is 46.7 Å². The molecule has 2 aromatic rings. The van der Waals surface area contributed by atoms with Crippen LogP contribution in [0.25, 0.3) is 0 Å². The van der Waals surface area contributed by atoms with Crippen molar-refractivity contribution in [2.45, 2.75) is 135 Å². The number of amides is 2. The van der Waals surface area contributed by atoms with Crippen LogP contribution in [0.4, 0.5) is 9.59 Å². The minimum Gasteiger partial charge on any atom is -0.508 e. The summed E-state index contributed by atoms with van der Waals surface area (Å²) in [5.74, 6) is -0.295. The predicted molar refractivity (Wildman–Crippen MR) is 191 cm³/mol. The summed E-state index contributed by atoms with van der Waals surface area (Å²) in [4.78, 5) is 24.0. The summed E-state index contributed by atoms with van der Waals surface area (Å²) in [5.41, 5.74) is 12.8. The summed E-state index contributed by atoms with van der Waals surface area (Å²) in [7, 11) is 0. The fraction of sp³-hybridized carbons (Fsp3) is 0.632. The van der Waals surface area contributed by atoms with E-state index < -0.39 is 24.4 Å². The van der Waals surface area contributed by atoms with Gasteiger partial charge in [0.2, 0.25) is 0 Å². The Labute approximate surface area is 296 Å². The van der Waals surface area contributed by atoms with E-state index in [1.165, 1.54) is 0 Å². The molecule has 4 aliphatic rings. The fourth-order valence-electron chi connectivity index (χ4n) is 7.55. The molecule has 274 valence electrons. The number of phenols is 4. The van der Waals surface area contributed by atoms with Gasteiger partial charge in [0.15, 0.2) is 0 Å². The molecule has 49 heavy (non-hydrogen) atoms. The second kappa shape index (κ2) is 19.6. The molecule has 2 aromatic carbocycles. The summed E-state index contributed by atoms with van der Waals surface area (Å²) >= 11 is 5.97. The maximum atomic E-state index is 12.0. The van der Waals surface area contributed by atoms with Crippen LogP contribution in [0.15, 0.2) is 24.3 Å².